The topological polar surface area (TPSA) is 49.8 Å². The van der Waals surface area contributed by atoms with Crippen LogP contribution in [0.2, 0.25) is 23.2 Å². The smallest absolute Gasteiger partial charge is 0.335 e. The van der Waals surface area contributed by atoms with Gasteiger partial charge in [0, 0.05) is 28.3 Å². The first-order valence-electron chi connectivity index (χ1n) is 14.8. The molecule has 4 rings (SSSR count). The van der Waals surface area contributed by atoms with E-state index in [2.05, 4.69) is 112 Å². The minimum Gasteiger partial charge on any atom is -0.478 e. The van der Waals surface area contributed by atoms with Gasteiger partial charge in [-0.15, -0.1) is 0 Å². The molecule has 3 aromatic carbocycles. The second-order valence-electron chi connectivity index (χ2n) is 14.1. The molecule has 3 aromatic rings. The number of hydrogen-bond acceptors (Lipinski definition) is 3. The average molecular weight is 671 g/mol. The van der Waals surface area contributed by atoms with Crippen molar-refractivity contribution in [2.75, 3.05) is 18.0 Å². The zero-order valence-electron chi connectivity index (χ0n) is 26.2. The monoisotopic (exact) mass is 669 g/mol. The van der Waals surface area contributed by atoms with Crippen molar-refractivity contribution < 1.29 is 14.3 Å². The third kappa shape index (κ3) is 7.32. The molecule has 1 fully saturated rings. The Bertz CT molecular complexity index is 1420. The van der Waals surface area contributed by atoms with Crippen molar-refractivity contribution in [3.63, 3.8) is 0 Å². The Balaban J connectivity index is 1.69. The molecule has 0 spiro atoms. The molecule has 4 nitrogen and oxygen atoms in total. The number of carboxylic acid groups (broad SMARTS) is 1. The molecule has 0 radical (unpaired) electrons. The Morgan fingerprint density at radius 1 is 0.976 bits per heavy atom. The van der Waals surface area contributed by atoms with E-state index >= 15 is 0 Å². The molecule has 1 unspecified atom stereocenters. The number of nitrogens with zero attached hydrogens (tertiary/aromatic N) is 1. The van der Waals surface area contributed by atoms with E-state index in [-0.39, 0.29) is 16.6 Å². The standard InChI is InChI=1S/C35H45BrClNO3Si/c1-34(2,3)31-22-27(14-16-29(31)33(39)40)38-19-17-24(18-20-38)32(41-42(7,8)35(4,5)6)30-21-25(36)11-15-28(30)23-9-12-26(37)13-10-23/h9-16,21-22,24,32H,17-20H2,1-8H3,(H,39,40). The number of aromatic carboxylic acids is 1. The Morgan fingerprint density at radius 3 is 2.14 bits per heavy atom. The van der Waals surface area contributed by atoms with Crippen LogP contribution in [-0.2, 0) is 9.84 Å². The number of carboxylic acids is 1. The fourth-order valence-corrected chi connectivity index (χ4v) is 7.38. The van der Waals surface area contributed by atoms with Gasteiger partial charge in [-0.05, 0) is 107 Å². The zero-order chi connectivity index (χ0) is 31.0. The lowest BCUT2D eigenvalue weighted by Crippen LogP contribution is -2.45. The van der Waals surface area contributed by atoms with Gasteiger partial charge in [0.15, 0.2) is 8.32 Å². The van der Waals surface area contributed by atoms with Gasteiger partial charge in [0.25, 0.3) is 0 Å². The molecule has 1 aliphatic rings. The normalized spacial score (nSPS) is 16.0. The second kappa shape index (κ2) is 12.5. The highest BCUT2D eigenvalue weighted by molar-refractivity contribution is 9.10. The van der Waals surface area contributed by atoms with Crippen LogP contribution in [0.15, 0.2) is 65.1 Å². The fourth-order valence-electron chi connectivity index (χ4n) is 5.57. The largest absolute Gasteiger partial charge is 0.478 e. The first-order valence-corrected chi connectivity index (χ1v) is 18.9. The van der Waals surface area contributed by atoms with E-state index in [9.17, 15) is 9.90 Å². The predicted octanol–water partition coefficient (Wildman–Crippen LogP) is 10.7. The molecule has 0 aromatic heterocycles. The number of rotatable bonds is 7. The Hall–Kier alpha value is -2.12. The van der Waals surface area contributed by atoms with Crippen LogP contribution >= 0.6 is 27.5 Å². The second-order valence-corrected chi connectivity index (χ2v) is 20.3. The van der Waals surface area contributed by atoms with Gasteiger partial charge in [0.1, 0.15) is 0 Å². The first-order chi connectivity index (χ1) is 19.5. The van der Waals surface area contributed by atoms with E-state index in [1.165, 1.54) is 11.1 Å². The third-order valence-electron chi connectivity index (χ3n) is 9.08. The van der Waals surface area contributed by atoms with Crippen LogP contribution in [-0.4, -0.2) is 32.5 Å². The fraction of sp³-hybridized carbons (Fsp3) is 0.457. The van der Waals surface area contributed by atoms with Crippen molar-refractivity contribution in [3.8, 4) is 11.1 Å². The maximum Gasteiger partial charge on any atom is 0.335 e. The van der Waals surface area contributed by atoms with E-state index in [1.54, 1.807) is 6.07 Å². The van der Waals surface area contributed by atoms with Crippen LogP contribution in [0.3, 0.4) is 0 Å². The van der Waals surface area contributed by atoms with Gasteiger partial charge >= 0.3 is 5.97 Å². The summed E-state index contributed by atoms with van der Waals surface area (Å²) in [6.07, 6.45) is 1.92. The maximum absolute atomic E-state index is 11.9. The number of anilines is 1. The highest BCUT2D eigenvalue weighted by Gasteiger charge is 2.42. The van der Waals surface area contributed by atoms with Crippen LogP contribution in [0, 0.1) is 5.92 Å². The predicted molar refractivity (Wildman–Crippen MR) is 183 cm³/mol. The van der Waals surface area contributed by atoms with Crippen LogP contribution in [0.4, 0.5) is 5.69 Å². The molecule has 1 atom stereocenters. The quantitative estimate of drug-likeness (QED) is 0.254. The van der Waals surface area contributed by atoms with E-state index in [4.69, 9.17) is 16.0 Å². The van der Waals surface area contributed by atoms with Crippen LogP contribution < -0.4 is 4.90 Å². The van der Waals surface area contributed by atoms with Crippen molar-refractivity contribution in [1.29, 1.82) is 0 Å². The summed E-state index contributed by atoms with van der Waals surface area (Å²) in [7, 11) is -2.12. The first kappa shape index (κ1) is 32.8. The van der Waals surface area contributed by atoms with E-state index < -0.39 is 14.3 Å². The van der Waals surface area contributed by atoms with Crippen molar-refractivity contribution >= 4 is 47.5 Å². The molecule has 0 amide bonds. The van der Waals surface area contributed by atoms with Crippen LogP contribution in [0.25, 0.3) is 11.1 Å². The van der Waals surface area contributed by atoms with E-state index in [1.807, 2.05) is 18.2 Å². The van der Waals surface area contributed by atoms with Gasteiger partial charge in [-0.1, -0.05) is 87.3 Å². The molecule has 7 heteroatoms. The number of carbonyl (C=O) groups is 1. The van der Waals surface area contributed by atoms with E-state index in [0.29, 0.717) is 11.5 Å². The molecule has 1 saturated heterocycles. The zero-order valence-corrected chi connectivity index (χ0v) is 29.6. The molecule has 0 aliphatic carbocycles. The highest BCUT2D eigenvalue weighted by atomic mass is 79.9. The van der Waals surface area contributed by atoms with Gasteiger partial charge in [0.2, 0.25) is 0 Å². The summed E-state index contributed by atoms with van der Waals surface area (Å²) in [5.41, 5.74) is 5.62. The maximum atomic E-state index is 11.9. The summed E-state index contributed by atoms with van der Waals surface area (Å²) in [6, 6.07) is 20.4. The molecule has 0 bridgehead atoms. The summed E-state index contributed by atoms with van der Waals surface area (Å²) in [4.78, 5) is 14.3. The minimum atomic E-state index is -2.12. The highest BCUT2D eigenvalue weighted by Crippen LogP contribution is 2.46. The van der Waals surface area contributed by atoms with Gasteiger partial charge in [-0.2, -0.15) is 0 Å². The molecular formula is C35H45BrClNO3Si. The van der Waals surface area contributed by atoms with Crippen LogP contribution in [0.5, 0.6) is 0 Å². The van der Waals surface area contributed by atoms with Gasteiger partial charge in [-0.25, -0.2) is 4.79 Å². The van der Waals surface area contributed by atoms with E-state index in [0.717, 1.165) is 52.2 Å². The lowest BCUT2D eigenvalue weighted by molar-refractivity contribution is 0.0694. The molecule has 1 N–H and O–H groups in total. The molecule has 1 heterocycles. The third-order valence-corrected chi connectivity index (χ3v) is 14.3. The molecular weight excluding hydrogens is 626 g/mol. The average Bonchev–Trinajstić information content (AvgIpc) is 2.91. The summed E-state index contributed by atoms with van der Waals surface area (Å²) in [6.45, 7) is 19.6. The summed E-state index contributed by atoms with van der Waals surface area (Å²) in [5.74, 6) is -0.530. The SMILES string of the molecule is CC(C)(C)c1cc(N2CCC(C(O[Si](C)(C)C(C)(C)C)c3cc(Br)ccc3-c3ccc(Cl)cc3)CC2)ccc1C(=O)O. The number of benzene rings is 3. The van der Waals surface area contributed by atoms with Crippen molar-refractivity contribution in [2.24, 2.45) is 5.92 Å². The Kier molecular flexibility index (Phi) is 9.73. The number of halogens is 2. The lowest BCUT2D eigenvalue weighted by atomic mass is 9.82. The number of piperidine rings is 1. The Labute approximate surface area is 266 Å². The molecule has 0 saturated carbocycles. The van der Waals surface area contributed by atoms with Gasteiger partial charge in [-0.3, -0.25) is 0 Å². The summed E-state index contributed by atoms with van der Waals surface area (Å²) >= 11 is 10.0. The molecule has 42 heavy (non-hydrogen) atoms. The van der Waals surface area contributed by atoms with Gasteiger partial charge < -0.3 is 14.4 Å². The summed E-state index contributed by atoms with van der Waals surface area (Å²) < 4.78 is 8.37. The lowest BCUT2D eigenvalue weighted by Gasteiger charge is -2.44. The summed E-state index contributed by atoms with van der Waals surface area (Å²) in [5, 5.41) is 10.6. The molecule has 226 valence electrons. The Morgan fingerprint density at radius 2 is 1.60 bits per heavy atom. The van der Waals surface area contributed by atoms with Crippen molar-refractivity contribution in [3.05, 3.63) is 86.8 Å². The number of hydrogen-bond donors (Lipinski definition) is 1. The van der Waals surface area contributed by atoms with Crippen molar-refractivity contribution in [1.82, 2.24) is 0 Å². The molecule has 1 aliphatic heterocycles. The van der Waals surface area contributed by atoms with Crippen LogP contribution in [0.1, 0.15) is 82.0 Å². The van der Waals surface area contributed by atoms with Gasteiger partial charge in [0.05, 0.1) is 11.7 Å². The van der Waals surface area contributed by atoms with Crippen molar-refractivity contribution in [2.45, 2.75) is 84.0 Å². The minimum absolute atomic E-state index is 0.0456.